The van der Waals surface area contributed by atoms with Crippen molar-refractivity contribution in [3.63, 3.8) is 0 Å². The van der Waals surface area contributed by atoms with Crippen LogP contribution in [0.4, 0.5) is 16.2 Å². The Balaban J connectivity index is 1.63. The van der Waals surface area contributed by atoms with E-state index in [1.54, 1.807) is 31.2 Å². The van der Waals surface area contributed by atoms with E-state index in [9.17, 15) is 9.59 Å². The Bertz CT molecular complexity index is 1250. The molecule has 0 saturated carbocycles. The van der Waals surface area contributed by atoms with Gasteiger partial charge in [0.05, 0.1) is 11.6 Å². The minimum atomic E-state index is -0.686. The number of para-hydroxylation sites is 1. The van der Waals surface area contributed by atoms with E-state index in [-0.39, 0.29) is 5.91 Å². The molecule has 0 saturated heterocycles. The molecule has 8 heteroatoms. The molecular formula is C25H23N5O3. The first kappa shape index (κ1) is 21.6. The minimum absolute atomic E-state index is 0.361. The van der Waals surface area contributed by atoms with Crippen molar-refractivity contribution in [2.24, 2.45) is 0 Å². The maximum absolute atomic E-state index is 13.2. The molecule has 0 radical (unpaired) electrons. The third-order valence-corrected chi connectivity index (χ3v) is 5.18. The fourth-order valence-electron chi connectivity index (χ4n) is 3.60. The average molecular weight is 441 g/mol. The number of ether oxygens (including phenoxy) is 1. The predicted molar refractivity (Wildman–Crippen MR) is 127 cm³/mol. The molecule has 0 spiro atoms. The summed E-state index contributed by atoms with van der Waals surface area (Å²) in [5, 5.41) is 15.8. The van der Waals surface area contributed by atoms with Crippen molar-refractivity contribution in [2.75, 3.05) is 11.1 Å². The molecule has 3 aromatic rings. The molecule has 33 heavy (non-hydrogen) atoms. The highest BCUT2D eigenvalue weighted by Gasteiger charge is 2.31. The Hall–Kier alpha value is -4.59. The molecule has 1 atom stereocenters. The van der Waals surface area contributed by atoms with E-state index in [1.165, 1.54) is 0 Å². The van der Waals surface area contributed by atoms with Crippen LogP contribution >= 0.6 is 0 Å². The Kier molecular flexibility index (Phi) is 6.08. The van der Waals surface area contributed by atoms with E-state index < -0.39 is 12.1 Å². The van der Waals surface area contributed by atoms with Crippen LogP contribution in [0.15, 0.2) is 84.1 Å². The summed E-state index contributed by atoms with van der Waals surface area (Å²) in [7, 11) is 0. The van der Waals surface area contributed by atoms with E-state index in [1.807, 2.05) is 48.5 Å². The number of nitrogens with two attached hydrogens (primary N) is 1. The first-order valence-electron chi connectivity index (χ1n) is 10.3. The smallest absolute Gasteiger partial charge is 0.319 e. The lowest BCUT2D eigenvalue weighted by atomic mass is 9.94. The average Bonchev–Trinajstić information content (AvgIpc) is 2.80. The Morgan fingerprint density at radius 2 is 1.82 bits per heavy atom. The van der Waals surface area contributed by atoms with E-state index >= 15 is 0 Å². The molecule has 1 aliphatic heterocycles. The standard InChI is InChI=1S/C25H23N5O3/c1-15-22(24(31)29-18-10-11-21(27)17(12-18)14-26)23(30-25(32)28-15)16-6-5-9-20(13-16)33-19-7-3-2-4-8-19/h2-14,23,26H,27H2,1H3,(H,29,31)(H2,28,30,32). The maximum atomic E-state index is 13.2. The van der Waals surface area contributed by atoms with Crippen molar-refractivity contribution < 1.29 is 14.3 Å². The molecular weight excluding hydrogens is 418 g/mol. The number of hydrogen-bond acceptors (Lipinski definition) is 5. The molecule has 0 aliphatic carbocycles. The molecule has 6 N–H and O–H groups in total. The SMILES string of the molecule is CC1=C(C(=O)Nc2ccc(N)c(C=N)c2)C(c2cccc(Oc3ccccc3)c2)NC(=O)N1. The zero-order valence-corrected chi connectivity index (χ0v) is 17.9. The van der Waals surface area contributed by atoms with E-state index in [2.05, 4.69) is 16.0 Å². The quantitative estimate of drug-likeness (QED) is 0.288. The topological polar surface area (TPSA) is 129 Å². The highest BCUT2D eigenvalue weighted by molar-refractivity contribution is 6.07. The minimum Gasteiger partial charge on any atom is -0.457 e. The zero-order chi connectivity index (χ0) is 23.4. The largest absolute Gasteiger partial charge is 0.457 e. The van der Waals surface area contributed by atoms with Crippen LogP contribution in [0.3, 0.4) is 0 Å². The molecule has 1 aliphatic rings. The lowest BCUT2D eigenvalue weighted by Gasteiger charge is -2.29. The van der Waals surface area contributed by atoms with Crippen molar-refractivity contribution in [2.45, 2.75) is 13.0 Å². The normalized spacial score (nSPS) is 15.3. The Labute approximate surface area is 191 Å². The number of rotatable bonds is 6. The van der Waals surface area contributed by atoms with Gasteiger partial charge in [-0.3, -0.25) is 4.79 Å². The number of hydrogen-bond donors (Lipinski definition) is 5. The highest BCUT2D eigenvalue weighted by atomic mass is 16.5. The third-order valence-electron chi connectivity index (χ3n) is 5.18. The molecule has 3 aromatic carbocycles. The number of allylic oxidation sites excluding steroid dienone is 1. The fraction of sp³-hybridized carbons (Fsp3) is 0.0800. The lowest BCUT2D eigenvalue weighted by molar-refractivity contribution is -0.113. The first-order chi connectivity index (χ1) is 15.9. The predicted octanol–water partition coefficient (Wildman–Crippen LogP) is 4.33. The molecule has 1 heterocycles. The summed E-state index contributed by atoms with van der Waals surface area (Å²) >= 11 is 0. The van der Waals surface area contributed by atoms with Gasteiger partial charge >= 0.3 is 6.03 Å². The van der Waals surface area contributed by atoms with Crippen LogP contribution in [0, 0.1) is 5.41 Å². The van der Waals surface area contributed by atoms with E-state index in [4.69, 9.17) is 15.9 Å². The van der Waals surface area contributed by atoms with Gasteiger partial charge in [-0.2, -0.15) is 0 Å². The van der Waals surface area contributed by atoms with Crippen LogP contribution in [0.1, 0.15) is 24.1 Å². The van der Waals surface area contributed by atoms with Gasteiger partial charge in [0.25, 0.3) is 5.91 Å². The number of benzene rings is 3. The van der Waals surface area contributed by atoms with Crippen molar-refractivity contribution in [3.8, 4) is 11.5 Å². The number of anilines is 2. The van der Waals surface area contributed by atoms with Crippen LogP contribution in [-0.4, -0.2) is 18.2 Å². The monoisotopic (exact) mass is 441 g/mol. The molecule has 1 unspecified atom stereocenters. The van der Waals surface area contributed by atoms with Crippen molar-refractivity contribution >= 4 is 29.5 Å². The Morgan fingerprint density at radius 3 is 2.58 bits per heavy atom. The van der Waals surface area contributed by atoms with Gasteiger partial charge in [0.15, 0.2) is 0 Å². The summed E-state index contributed by atoms with van der Waals surface area (Å²) in [6.07, 6.45) is 1.12. The Morgan fingerprint density at radius 1 is 1.06 bits per heavy atom. The van der Waals surface area contributed by atoms with Crippen LogP contribution in [0.25, 0.3) is 0 Å². The molecule has 8 nitrogen and oxygen atoms in total. The number of carbonyl (C=O) groups excluding carboxylic acids is 2. The molecule has 0 fully saturated rings. The first-order valence-corrected chi connectivity index (χ1v) is 10.3. The zero-order valence-electron chi connectivity index (χ0n) is 17.9. The second-order valence-corrected chi connectivity index (χ2v) is 7.50. The van der Waals surface area contributed by atoms with Gasteiger partial charge in [-0.1, -0.05) is 30.3 Å². The summed E-state index contributed by atoms with van der Waals surface area (Å²) in [6.45, 7) is 1.68. The molecule has 0 bridgehead atoms. The van der Waals surface area contributed by atoms with Gasteiger partial charge in [-0.05, 0) is 55.0 Å². The number of carbonyl (C=O) groups is 2. The highest BCUT2D eigenvalue weighted by Crippen LogP contribution is 2.31. The third kappa shape index (κ3) is 4.85. The number of urea groups is 1. The number of nitrogens with one attached hydrogen (secondary N) is 4. The summed E-state index contributed by atoms with van der Waals surface area (Å²) in [6, 6.07) is 20.4. The van der Waals surface area contributed by atoms with Crippen molar-refractivity contribution in [1.29, 1.82) is 5.41 Å². The second kappa shape index (κ2) is 9.27. The van der Waals surface area contributed by atoms with Crippen molar-refractivity contribution in [1.82, 2.24) is 10.6 Å². The van der Waals surface area contributed by atoms with E-state index in [0.717, 1.165) is 6.21 Å². The fourth-order valence-corrected chi connectivity index (χ4v) is 3.60. The summed E-state index contributed by atoms with van der Waals surface area (Å²) in [5.74, 6) is 0.872. The van der Waals surface area contributed by atoms with Crippen LogP contribution < -0.4 is 26.4 Å². The lowest BCUT2D eigenvalue weighted by Crippen LogP contribution is -2.45. The summed E-state index contributed by atoms with van der Waals surface area (Å²) < 4.78 is 5.91. The van der Waals surface area contributed by atoms with Gasteiger partial charge in [-0.15, -0.1) is 0 Å². The van der Waals surface area contributed by atoms with E-state index in [0.29, 0.717) is 45.3 Å². The van der Waals surface area contributed by atoms with Gasteiger partial charge in [0, 0.05) is 28.8 Å². The summed E-state index contributed by atoms with van der Waals surface area (Å²) in [4.78, 5) is 25.5. The van der Waals surface area contributed by atoms with Crippen molar-refractivity contribution in [3.05, 3.63) is 95.2 Å². The number of amides is 3. The van der Waals surface area contributed by atoms with Crippen LogP contribution in [0.2, 0.25) is 0 Å². The molecule has 0 aromatic heterocycles. The van der Waals surface area contributed by atoms with Crippen LogP contribution in [0.5, 0.6) is 11.5 Å². The maximum Gasteiger partial charge on any atom is 0.319 e. The second-order valence-electron chi connectivity index (χ2n) is 7.50. The number of nitrogen functional groups attached to an aromatic ring is 1. The van der Waals surface area contributed by atoms with Gasteiger partial charge in [0.1, 0.15) is 11.5 Å². The molecule has 4 rings (SSSR count). The summed E-state index contributed by atoms with van der Waals surface area (Å²) in [5.41, 5.74) is 8.76. The van der Waals surface area contributed by atoms with Crippen LogP contribution in [-0.2, 0) is 4.79 Å². The van der Waals surface area contributed by atoms with Gasteiger partial charge in [0.2, 0.25) is 0 Å². The van der Waals surface area contributed by atoms with Gasteiger partial charge < -0.3 is 31.8 Å². The van der Waals surface area contributed by atoms with Gasteiger partial charge in [-0.25, -0.2) is 4.79 Å². The molecule has 3 amide bonds. The molecule has 166 valence electrons.